The van der Waals surface area contributed by atoms with E-state index < -0.39 is 0 Å². The Kier molecular flexibility index (Phi) is 2.84. The van der Waals surface area contributed by atoms with Crippen LogP contribution in [0.25, 0.3) is 0 Å². The van der Waals surface area contributed by atoms with Gasteiger partial charge in [-0.3, -0.25) is 0 Å². The molecule has 2 atom stereocenters. The Labute approximate surface area is 96.4 Å². The first-order chi connectivity index (χ1) is 7.45. The minimum Gasteiger partial charge on any atom is -0.395 e. The van der Waals surface area contributed by atoms with Crippen LogP contribution in [-0.2, 0) is 0 Å². The molecule has 5 nitrogen and oxygen atoms in total. The lowest BCUT2D eigenvalue weighted by Gasteiger charge is -2.35. The summed E-state index contributed by atoms with van der Waals surface area (Å²) in [6.07, 6.45) is 0. The van der Waals surface area contributed by atoms with Crippen LogP contribution in [0.15, 0.2) is 0 Å². The van der Waals surface area contributed by atoms with Crippen LogP contribution in [0, 0.1) is 0 Å². The van der Waals surface area contributed by atoms with E-state index in [0.717, 1.165) is 13.1 Å². The number of nitrogens with one attached hydrogen (secondary N) is 1. The summed E-state index contributed by atoms with van der Waals surface area (Å²) >= 11 is 0. The Bertz CT molecular complexity index is 287. The number of hydrogen-bond donors (Lipinski definition) is 2. The number of amides is 2. The molecule has 2 unspecified atom stereocenters. The van der Waals surface area contributed by atoms with Crippen molar-refractivity contribution < 1.29 is 9.90 Å². The molecule has 2 saturated heterocycles. The highest BCUT2D eigenvalue weighted by Crippen LogP contribution is 2.27. The first kappa shape index (κ1) is 11.7. The van der Waals surface area contributed by atoms with Crippen molar-refractivity contribution >= 4 is 6.03 Å². The lowest BCUT2D eigenvalue weighted by Crippen LogP contribution is -2.58. The second-order valence-corrected chi connectivity index (χ2v) is 5.57. The molecule has 0 bridgehead atoms. The Morgan fingerprint density at radius 2 is 2.19 bits per heavy atom. The second-order valence-electron chi connectivity index (χ2n) is 5.57. The summed E-state index contributed by atoms with van der Waals surface area (Å²) in [7, 11) is 0. The minimum atomic E-state index is -0.144. The van der Waals surface area contributed by atoms with Crippen LogP contribution in [0.3, 0.4) is 0 Å². The van der Waals surface area contributed by atoms with Crippen molar-refractivity contribution in [2.24, 2.45) is 0 Å². The maximum atomic E-state index is 12.2. The predicted octanol–water partition coefficient (Wildman–Crippen LogP) is -0.145. The van der Waals surface area contributed by atoms with Crippen molar-refractivity contribution in [1.29, 1.82) is 0 Å². The standard InChI is InChI=1S/C11H21N3O2/c1-11(2,3)14-6-9-8(7-15)12-4-5-13(9)10(14)16/h8-9,12,15H,4-7H2,1-3H3. The molecule has 2 rings (SSSR count). The molecule has 0 aliphatic carbocycles. The SMILES string of the molecule is CC(C)(C)N1CC2C(CO)NCCN2C1=O. The zero-order valence-corrected chi connectivity index (χ0v) is 10.2. The first-order valence-corrected chi connectivity index (χ1v) is 5.87. The molecule has 5 heteroatoms. The van der Waals surface area contributed by atoms with Gasteiger partial charge < -0.3 is 20.2 Å². The van der Waals surface area contributed by atoms with Gasteiger partial charge in [-0.2, -0.15) is 0 Å². The molecule has 2 aliphatic heterocycles. The zero-order valence-electron chi connectivity index (χ0n) is 10.2. The van der Waals surface area contributed by atoms with Crippen LogP contribution in [0.5, 0.6) is 0 Å². The van der Waals surface area contributed by atoms with Crippen LogP contribution < -0.4 is 5.32 Å². The molecular weight excluding hydrogens is 206 g/mol. The summed E-state index contributed by atoms with van der Waals surface area (Å²) in [6, 6.07) is 0.243. The topological polar surface area (TPSA) is 55.8 Å². The van der Waals surface area contributed by atoms with E-state index in [1.54, 1.807) is 0 Å². The molecular formula is C11H21N3O2. The van der Waals surface area contributed by atoms with Gasteiger partial charge in [0.05, 0.1) is 18.7 Å². The highest BCUT2D eigenvalue weighted by molar-refractivity contribution is 5.78. The van der Waals surface area contributed by atoms with Gasteiger partial charge in [-0.25, -0.2) is 4.79 Å². The van der Waals surface area contributed by atoms with Gasteiger partial charge in [-0.05, 0) is 20.8 Å². The number of carbonyl (C=O) groups excluding carboxylic acids is 1. The van der Waals surface area contributed by atoms with Gasteiger partial charge in [0.15, 0.2) is 0 Å². The molecule has 0 saturated carbocycles. The van der Waals surface area contributed by atoms with Gasteiger partial charge in [0.25, 0.3) is 0 Å². The van der Waals surface area contributed by atoms with E-state index >= 15 is 0 Å². The summed E-state index contributed by atoms with van der Waals surface area (Å²) in [5.74, 6) is 0. The molecule has 0 radical (unpaired) electrons. The molecule has 2 aliphatic rings. The molecule has 2 fully saturated rings. The summed E-state index contributed by atoms with van der Waals surface area (Å²) in [4.78, 5) is 16.0. The van der Waals surface area contributed by atoms with Crippen molar-refractivity contribution in [3.05, 3.63) is 0 Å². The fraction of sp³-hybridized carbons (Fsp3) is 0.909. The van der Waals surface area contributed by atoms with E-state index in [2.05, 4.69) is 5.32 Å². The number of fused-ring (bicyclic) bond motifs is 1. The van der Waals surface area contributed by atoms with Gasteiger partial charge in [0, 0.05) is 25.2 Å². The van der Waals surface area contributed by atoms with Gasteiger partial charge in [0.1, 0.15) is 0 Å². The molecule has 92 valence electrons. The maximum absolute atomic E-state index is 12.2. The molecule has 16 heavy (non-hydrogen) atoms. The largest absolute Gasteiger partial charge is 0.395 e. The average Bonchev–Trinajstić information content (AvgIpc) is 2.56. The van der Waals surface area contributed by atoms with Crippen LogP contribution in [0.1, 0.15) is 20.8 Å². The van der Waals surface area contributed by atoms with Crippen LogP contribution in [-0.4, -0.2) is 64.8 Å². The predicted molar refractivity (Wildman–Crippen MR) is 61.2 cm³/mol. The zero-order chi connectivity index (χ0) is 11.9. The lowest BCUT2D eigenvalue weighted by atomic mass is 10.0. The molecule has 2 amide bonds. The van der Waals surface area contributed by atoms with Gasteiger partial charge in [0.2, 0.25) is 0 Å². The fourth-order valence-electron chi connectivity index (χ4n) is 2.52. The Hall–Kier alpha value is -0.810. The van der Waals surface area contributed by atoms with Crippen LogP contribution in [0.2, 0.25) is 0 Å². The number of hydrogen-bond acceptors (Lipinski definition) is 3. The van der Waals surface area contributed by atoms with Crippen molar-refractivity contribution in [3.63, 3.8) is 0 Å². The number of aliphatic hydroxyl groups is 1. The number of urea groups is 1. The maximum Gasteiger partial charge on any atom is 0.320 e. The van der Waals surface area contributed by atoms with E-state index in [9.17, 15) is 9.90 Å². The van der Waals surface area contributed by atoms with E-state index in [1.165, 1.54) is 0 Å². The highest BCUT2D eigenvalue weighted by Gasteiger charge is 2.46. The van der Waals surface area contributed by atoms with E-state index in [-0.39, 0.29) is 30.3 Å². The summed E-state index contributed by atoms with van der Waals surface area (Å²) < 4.78 is 0. The van der Waals surface area contributed by atoms with Crippen molar-refractivity contribution in [2.45, 2.75) is 38.4 Å². The van der Waals surface area contributed by atoms with Gasteiger partial charge in [-0.15, -0.1) is 0 Å². The Morgan fingerprint density at radius 1 is 1.50 bits per heavy atom. The minimum absolute atomic E-state index is 0.0186. The molecule has 0 aromatic carbocycles. The fourth-order valence-corrected chi connectivity index (χ4v) is 2.52. The first-order valence-electron chi connectivity index (χ1n) is 5.87. The Balaban J connectivity index is 2.18. The number of rotatable bonds is 1. The molecule has 2 heterocycles. The lowest BCUT2D eigenvalue weighted by molar-refractivity contribution is 0.130. The van der Waals surface area contributed by atoms with Crippen molar-refractivity contribution in [3.8, 4) is 0 Å². The number of carbonyl (C=O) groups is 1. The smallest absolute Gasteiger partial charge is 0.320 e. The third-order valence-corrected chi connectivity index (χ3v) is 3.48. The van der Waals surface area contributed by atoms with E-state index in [1.807, 2.05) is 30.6 Å². The normalized spacial score (nSPS) is 30.9. The van der Waals surface area contributed by atoms with Crippen molar-refractivity contribution in [1.82, 2.24) is 15.1 Å². The summed E-state index contributed by atoms with van der Waals surface area (Å²) in [5.41, 5.74) is -0.144. The van der Waals surface area contributed by atoms with Crippen LogP contribution >= 0.6 is 0 Å². The third-order valence-electron chi connectivity index (χ3n) is 3.48. The number of aliphatic hydroxyl groups excluding tert-OH is 1. The molecule has 0 spiro atoms. The highest BCUT2D eigenvalue weighted by atomic mass is 16.3. The molecule has 0 aromatic rings. The average molecular weight is 227 g/mol. The third kappa shape index (κ3) is 1.78. The quantitative estimate of drug-likeness (QED) is 0.655. The monoisotopic (exact) mass is 227 g/mol. The molecule has 0 aromatic heterocycles. The van der Waals surface area contributed by atoms with Crippen LogP contribution in [0.4, 0.5) is 4.79 Å². The van der Waals surface area contributed by atoms with E-state index in [0.29, 0.717) is 6.54 Å². The summed E-state index contributed by atoms with van der Waals surface area (Å²) in [6.45, 7) is 8.45. The summed E-state index contributed by atoms with van der Waals surface area (Å²) in [5, 5.41) is 12.6. The van der Waals surface area contributed by atoms with Gasteiger partial charge >= 0.3 is 6.03 Å². The Morgan fingerprint density at radius 3 is 2.75 bits per heavy atom. The molecule has 2 N–H and O–H groups in total. The second kappa shape index (κ2) is 3.89. The number of piperazine rings is 1. The van der Waals surface area contributed by atoms with Crippen molar-refractivity contribution in [2.75, 3.05) is 26.2 Å². The van der Waals surface area contributed by atoms with Gasteiger partial charge in [-0.1, -0.05) is 0 Å². The van der Waals surface area contributed by atoms with E-state index in [4.69, 9.17) is 0 Å². The number of nitrogens with zero attached hydrogens (tertiary/aromatic N) is 2.